The fourth-order valence-corrected chi connectivity index (χ4v) is 4.59. The Bertz CT molecular complexity index is 1140. The highest BCUT2D eigenvalue weighted by atomic mass is 32.2. The van der Waals surface area contributed by atoms with Gasteiger partial charge in [-0.15, -0.1) is 10.2 Å². The molecule has 3 aromatic rings. The summed E-state index contributed by atoms with van der Waals surface area (Å²) in [6, 6.07) is 16.8. The number of thioether (sulfide) groups is 1. The second-order valence-corrected chi connectivity index (χ2v) is 9.22. The van der Waals surface area contributed by atoms with E-state index in [-0.39, 0.29) is 0 Å². The molecule has 1 aliphatic rings. The molecule has 1 aromatic heterocycles. The second kappa shape index (κ2) is 13.6. The van der Waals surface area contributed by atoms with E-state index >= 15 is 0 Å². The van der Waals surface area contributed by atoms with Gasteiger partial charge in [0.1, 0.15) is 0 Å². The summed E-state index contributed by atoms with van der Waals surface area (Å²) in [5.41, 5.74) is 4.73. The molecule has 0 saturated carbocycles. The summed E-state index contributed by atoms with van der Waals surface area (Å²) in [5, 5.41) is 28.3. The van der Waals surface area contributed by atoms with Gasteiger partial charge in [0, 0.05) is 36.8 Å². The number of nitrogens with zero attached hydrogens (tertiary/aromatic N) is 4. The summed E-state index contributed by atoms with van der Waals surface area (Å²) in [6.07, 6.45) is 0. The van der Waals surface area contributed by atoms with E-state index in [2.05, 4.69) is 81.3 Å². The largest absolute Gasteiger partial charge is 0.473 e. The van der Waals surface area contributed by atoms with Crippen molar-refractivity contribution in [2.45, 2.75) is 25.5 Å². The van der Waals surface area contributed by atoms with Crippen LogP contribution in [0.4, 0.5) is 5.69 Å². The van der Waals surface area contributed by atoms with Crippen molar-refractivity contribution in [3.63, 3.8) is 0 Å². The Labute approximate surface area is 214 Å². The van der Waals surface area contributed by atoms with Crippen LogP contribution in [0.1, 0.15) is 17.0 Å². The van der Waals surface area contributed by atoms with E-state index in [1.54, 1.807) is 11.8 Å². The number of morpholine rings is 1. The maximum atomic E-state index is 9.10. The Kier molecular flexibility index (Phi) is 10.3. The van der Waals surface area contributed by atoms with Crippen LogP contribution >= 0.6 is 11.8 Å². The molecule has 1 saturated heterocycles. The summed E-state index contributed by atoms with van der Waals surface area (Å²) >= 11 is 1.76. The van der Waals surface area contributed by atoms with E-state index in [0.29, 0.717) is 6.54 Å². The van der Waals surface area contributed by atoms with Gasteiger partial charge in [-0.25, -0.2) is 9.59 Å². The van der Waals surface area contributed by atoms with Crippen molar-refractivity contribution in [3.05, 3.63) is 65.5 Å². The quantitative estimate of drug-likeness (QED) is 0.305. The SMILES string of the molecule is Cc1ccc(NCc2nnc(SCCN3CCOCC3)n2-c2ccccc2)c(C)c1.O=C(O)C(=O)O. The van der Waals surface area contributed by atoms with Crippen molar-refractivity contribution in [3.8, 4) is 5.69 Å². The summed E-state index contributed by atoms with van der Waals surface area (Å²) in [4.78, 5) is 20.6. The first-order valence-corrected chi connectivity index (χ1v) is 12.5. The molecule has 1 aliphatic heterocycles. The van der Waals surface area contributed by atoms with Crippen molar-refractivity contribution in [2.75, 3.05) is 43.9 Å². The fourth-order valence-electron chi connectivity index (χ4n) is 3.62. The summed E-state index contributed by atoms with van der Waals surface area (Å²) in [7, 11) is 0. The summed E-state index contributed by atoms with van der Waals surface area (Å²) < 4.78 is 7.61. The van der Waals surface area contributed by atoms with Crippen molar-refractivity contribution < 1.29 is 24.5 Å². The zero-order valence-corrected chi connectivity index (χ0v) is 21.2. The van der Waals surface area contributed by atoms with Crippen LogP contribution in [-0.4, -0.2) is 80.4 Å². The number of aromatic nitrogens is 3. The number of anilines is 1. The molecule has 192 valence electrons. The predicted octanol–water partition coefficient (Wildman–Crippen LogP) is 3.08. The minimum atomic E-state index is -1.82. The van der Waals surface area contributed by atoms with Crippen molar-refractivity contribution in [2.24, 2.45) is 0 Å². The summed E-state index contributed by atoms with van der Waals surface area (Å²) in [6.45, 7) is 9.58. The van der Waals surface area contributed by atoms with Gasteiger partial charge in [-0.05, 0) is 37.6 Å². The molecule has 0 spiro atoms. The van der Waals surface area contributed by atoms with E-state index in [1.807, 2.05) is 6.07 Å². The van der Waals surface area contributed by atoms with E-state index in [9.17, 15) is 0 Å². The van der Waals surface area contributed by atoms with Crippen molar-refractivity contribution in [1.82, 2.24) is 19.7 Å². The maximum absolute atomic E-state index is 9.10. The lowest BCUT2D eigenvalue weighted by atomic mass is 10.1. The molecule has 2 aromatic carbocycles. The number of aliphatic carboxylic acids is 2. The average molecular weight is 514 g/mol. The zero-order chi connectivity index (χ0) is 25.9. The number of aryl methyl sites for hydroxylation is 2. The average Bonchev–Trinajstić information content (AvgIpc) is 3.27. The smallest absolute Gasteiger partial charge is 0.414 e. The first-order valence-electron chi connectivity index (χ1n) is 11.5. The van der Waals surface area contributed by atoms with E-state index in [4.69, 9.17) is 24.5 Å². The molecular formula is C25H31N5O5S. The lowest BCUT2D eigenvalue weighted by Gasteiger charge is -2.26. The molecule has 0 unspecified atom stereocenters. The van der Waals surface area contributed by atoms with E-state index in [0.717, 1.165) is 61.0 Å². The Morgan fingerprint density at radius 1 is 1.03 bits per heavy atom. The van der Waals surface area contributed by atoms with Gasteiger partial charge in [0.2, 0.25) is 0 Å². The normalized spacial score (nSPS) is 13.5. The van der Waals surface area contributed by atoms with Crippen molar-refractivity contribution in [1.29, 1.82) is 0 Å². The highest BCUT2D eigenvalue weighted by Crippen LogP contribution is 2.23. The monoisotopic (exact) mass is 513 g/mol. The van der Waals surface area contributed by atoms with Gasteiger partial charge in [-0.3, -0.25) is 9.47 Å². The minimum Gasteiger partial charge on any atom is -0.473 e. The van der Waals surface area contributed by atoms with Gasteiger partial charge in [0.25, 0.3) is 0 Å². The molecule has 36 heavy (non-hydrogen) atoms. The Morgan fingerprint density at radius 2 is 1.72 bits per heavy atom. The highest BCUT2D eigenvalue weighted by molar-refractivity contribution is 7.99. The van der Waals surface area contributed by atoms with Gasteiger partial charge >= 0.3 is 11.9 Å². The molecule has 11 heteroatoms. The molecule has 10 nitrogen and oxygen atoms in total. The molecule has 2 heterocycles. The Hall–Kier alpha value is -3.41. The number of hydrogen-bond acceptors (Lipinski definition) is 8. The van der Waals surface area contributed by atoms with E-state index < -0.39 is 11.9 Å². The molecule has 0 bridgehead atoms. The predicted molar refractivity (Wildman–Crippen MR) is 138 cm³/mol. The van der Waals surface area contributed by atoms with Gasteiger partial charge in [0.05, 0.1) is 19.8 Å². The third-order valence-corrected chi connectivity index (χ3v) is 6.37. The second-order valence-electron chi connectivity index (χ2n) is 8.15. The minimum absolute atomic E-state index is 0.621. The Balaban J connectivity index is 0.000000538. The third kappa shape index (κ3) is 8.08. The Morgan fingerprint density at radius 3 is 2.36 bits per heavy atom. The number of benzene rings is 2. The lowest BCUT2D eigenvalue weighted by molar-refractivity contribution is -0.159. The highest BCUT2D eigenvalue weighted by Gasteiger charge is 2.16. The molecule has 1 fully saturated rings. The van der Waals surface area contributed by atoms with Crippen LogP contribution in [0.3, 0.4) is 0 Å². The fraction of sp³-hybridized carbons (Fsp3) is 0.360. The molecule has 0 aliphatic carbocycles. The lowest BCUT2D eigenvalue weighted by Crippen LogP contribution is -2.37. The van der Waals surface area contributed by atoms with Gasteiger partial charge in [-0.1, -0.05) is 47.7 Å². The molecule has 3 N–H and O–H groups in total. The first kappa shape index (κ1) is 27.2. The van der Waals surface area contributed by atoms with Crippen LogP contribution in [0.5, 0.6) is 0 Å². The number of hydrogen-bond donors (Lipinski definition) is 3. The molecule has 0 atom stereocenters. The van der Waals surface area contributed by atoms with Crippen LogP contribution < -0.4 is 5.32 Å². The number of carboxylic acids is 2. The molecule has 4 rings (SSSR count). The van der Waals surface area contributed by atoms with Crippen molar-refractivity contribution >= 4 is 29.4 Å². The first-order chi connectivity index (χ1) is 17.3. The third-order valence-electron chi connectivity index (χ3n) is 5.46. The summed E-state index contributed by atoms with van der Waals surface area (Å²) in [5.74, 6) is -1.75. The number of ether oxygens (including phenoxy) is 1. The molecular weight excluding hydrogens is 482 g/mol. The topological polar surface area (TPSA) is 130 Å². The number of nitrogens with one attached hydrogen (secondary N) is 1. The van der Waals surface area contributed by atoms with Gasteiger partial charge < -0.3 is 20.3 Å². The molecule has 0 radical (unpaired) electrons. The van der Waals surface area contributed by atoms with Gasteiger partial charge in [-0.2, -0.15) is 0 Å². The maximum Gasteiger partial charge on any atom is 0.414 e. The zero-order valence-electron chi connectivity index (χ0n) is 20.4. The molecule has 0 amide bonds. The number of rotatable bonds is 8. The van der Waals surface area contributed by atoms with Crippen LogP contribution in [0.25, 0.3) is 5.69 Å². The number of carboxylic acid groups (broad SMARTS) is 2. The van der Waals surface area contributed by atoms with Crippen LogP contribution in [-0.2, 0) is 20.9 Å². The van der Waals surface area contributed by atoms with Crippen LogP contribution in [0.2, 0.25) is 0 Å². The van der Waals surface area contributed by atoms with Gasteiger partial charge in [0.15, 0.2) is 11.0 Å². The standard InChI is InChI=1S/C23H29N5OS.C2H2O4/c1-18-8-9-21(19(2)16-18)24-17-22-25-26-23(28(22)20-6-4-3-5-7-20)30-15-12-27-10-13-29-14-11-27;3-1(4)2(5)6/h3-9,16,24H,10-15,17H2,1-2H3;(H,3,4)(H,5,6). The van der Waals surface area contributed by atoms with Crippen LogP contribution in [0, 0.1) is 13.8 Å². The number of carbonyl (C=O) groups is 2. The van der Waals surface area contributed by atoms with E-state index in [1.165, 1.54) is 11.1 Å². The number of para-hydroxylation sites is 1. The van der Waals surface area contributed by atoms with Crippen LogP contribution in [0.15, 0.2) is 53.7 Å².